The van der Waals surface area contributed by atoms with E-state index in [1.165, 1.54) is 5.56 Å². The molecule has 0 aliphatic rings. The molecular formula is C19H27NO2. The van der Waals surface area contributed by atoms with Gasteiger partial charge in [-0.05, 0) is 49.5 Å². The van der Waals surface area contributed by atoms with Crippen LogP contribution < -0.4 is 5.32 Å². The Bertz CT molecular complexity index is 532. The van der Waals surface area contributed by atoms with Gasteiger partial charge < -0.3 is 5.32 Å². The largest absolute Gasteiger partial charge is 0.326 e. The Morgan fingerprint density at radius 2 is 1.91 bits per heavy atom. The van der Waals surface area contributed by atoms with Crippen molar-refractivity contribution in [1.29, 1.82) is 0 Å². The van der Waals surface area contributed by atoms with E-state index in [1.54, 1.807) is 6.92 Å². The van der Waals surface area contributed by atoms with Crippen molar-refractivity contribution >= 4 is 17.4 Å². The number of benzene rings is 1. The number of carbonyl (C=O) groups is 2. The Morgan fingerprint density at radius 1 is 1.18 bits per heavy atom. The summed E-state index contributed by atoms with van der Waals surface area (Å²) in [6.45, 7) is 9.19. The van der Waals surface area contributed by atoms with Crippen LogP contribution >= 0.6 is 0 Å². The van der Waals surface area contributed by atoms with Gasteiger partial charge in [0.25, 0.3) is 0 Å². The van der Waals surface area contributed by atoms with Gasteiger partial charge in [-0.25, -0.2) is 0 Å². The van der Waals surface area contributed by atoms with E-state index < -0.39 is 0 Å². The van der Waals surface area contributed by atoms with Crippen LogP contribution in [0.4, 0.5) is 5.69 Å². The average Bonchev–Trinajstić information content (AvgIpc) is 2.46. The molecule has 3 heteroatoms. The Morgan fingerprint density at radius 3 is 2.55 bits per heavy atom. The van der Waals surface area contributed by atoms with E-state index in [1.807, 2.05) is 32.0 Å². The second kappa shape index (κ2) is 9.19. The van der Waals surface area contributed by atoms with Gasteiger partial charge in [0, 0.05) is 18.0 Å². The quantitative estimate of drug-likeness (QED) is 0.538. The Labute approximate surface area is 133 Å². The number of Topliss-reactive ketones (excluding diaryl/α,β-unsaturated/α-hetero) is 1. The van der Waals surface area contributed by atoms with Crippen LogP contribution in [0.1, 0.15) is 52.0 Å². The maximum Gasteiger partial charge on any atom is 0.226 e. The molecule has 22 heavy (non-hydrogen) atoms. The van der Waals surface area contributed by atoms with Crippen molar-refractivity contribution in [1.82, 2.24) is 0 Å². The first-order valence-electron chi connectivity index (χ1n) is 7.98. The lowest BCUT2D eigenvalue weighted by Gasteiger charge is -2.09. The predicted octanol–water partition coefficient (Wildman–Crippen LogP) is 4.53. The lowest BCUT2D eigenvalue weighted by atomic mass is 10.0. The fourth-order valence-corrected chi connectivity index (χ4v) is 2.10. The summed E-state index contributed by atoms with van der Waals surface area (Å²) in [6, 6.07) is 7.98. The molecule has 0 atom stereocenters. The fraction of sp³-hybridized carbons (Fsp3) is 0.474. The number of hydrogen-bond acceptors (Lipinski definition) is 2. The summed E-state index contributed by atoms with van der Waals surface area (Å²) in [5.74, 6) is 0.184. The third-order valence-corrected chi connectivity index (χ3v) is 3.56. The molecule has 1 N–H and O–H groups in total. The molecule has 0 saturated heterocycles. The average molecular weight is 301 g/mol. The second-order valence-corrected chi connectivity index (χ2v) is 6.11. The van der Waals surface area contributed by atoms with Gasteiger partial charge in [-0.1, -0.05) is 39.0 Å². The Hall–Kier alpha value is -1.90. The molecule has 0 saturated carbocycles. The van der Waals surface area contributed by atoms with Crippen molar-refractivity contribution < 1.29 is 9.59 Å². The number of anilines is 1. The summed E-state index contributed by atoms with van der Waals surface area (Å²) in [5, 5.41) is 2.92. The molecular weight excluding hydrogens is 274 g/mol. The molecule has 0 bridgehead atoms. The van der Waals surface area contributed by atoms with Crippen molar-refractivity contribution in [3.05, 3.63) is 42.0 Å². The molecule has 1 rings (SSSR count). The van der Waals surface area contributed by atoms with E-state index in [9.17, 15) is 9.59 Å². The Kier molecular flexibility index (Phi) is 7.58. The predicted molar refractivity (Wildman–Crippen MR) is 91.9 cm³/mol. The van der Waals surface area contributed by atoms with Gasteiger partial charge in [-0.15, -0.1) is 0 Å². The van der Waals surface area contributed by atoms with Gasteiger partial charge in [0.05, 0.1) is 0 Å². The van der Waals surface area contributed by atoms with E-state index in [-0.39, 0.29) is 17.6 Å². The summed E-state index contributed by atoms with van der Waals surface area (Å²) in [5.41, 5.74) is 2.72. The SMILES string of the molecule is C=C(C)C(=O)CCCCCc1cccc(NC(=O)C(C)C)c1. The lowest BCUT2D eigenvalue weighted by molar-refractivity contribution is -0.119. The lowest BCUT2D eigenvalue weighted by Crippen LogP contribution is -2.17. The molecule has 0 spiro atoms. The first-order chi connectivity index (χ1) is 10.4. The van der Waals surface area contributed by atoms with Crippen molar-refractivity contribution in [3.8, 4) is 0 Å². The third kappa shape index (κ3) is 6.70. The number of amides is 1. The molecule has 0 aromatic heterocycles. The van der Waals surface area contributed by atoms with E-state index in [4.69, 9.17) is 0 Å². The Balaban J connectivity index is 2.36. The van der Waals surface area contributed by atoms with Crippen LogP contribution in [0.5, 0.6) is 0 Å². The van der Waals surface area contributed by atoms with Gasteiger partial charge >= 0.3 is 0 Å². The summed E-state index contributed by atoms with van der Waals surface area (Å²) in [4.78, 5) is 23.1. The zero-order valence-corrected chi connectivity index (χ0v) is 13.9. The maximum atomic E-state index is 11.7. The summed E-state index contributed by atoms with van der Waals surface area (Å²) in [6.07, 6.45) is 4.55. The van der Waals surface area contributed by atoms with Crippen LogP contribution in [0.2, 0.25) is 0 Å². The molecule has 0 fully saturated rings. The maximum absolute atomic E-state index is 11.7. The minimum atomic E-state index is -0.0190. The number of nitrogens with one attached hydrogen (secondary N) is 1. The minimum absolute atomic E-state index is 0.0190. The van der Waals surface area contributed by atoms with Crippen LogP contribution in [0.3, 0.4) is 0 Å². The molecule has 120 valence electrons. The molecule has 1 aromatic rings. The highest BCUT2D eigenvalue weighted by molar-refractivity contribution is 5.94. The van der Waals surface area contributed by atoms with Crippen LogP contribution in [0.15, 0.2) is 36.4 Å². The number of hydrogen-bond donors (Lipinski definition) is 1. The van der Waals surface area contributed by atoms with Crippen molar-refractivity contribution in [2.24, 2.45) is 5.92 Å². The number of carbonyl (C=O) groups excluding carboxylic acids is 2. The molecule has 1 amide bonds. The van der Waals surface area contributed by atoms with Crippen LogP contribution in [0, 0.1) is 5.92 Å². The molecule has 1 aromatic carbocycles. The zero-order valence-electron chi connectivity index (χ0n) is 13.9. The first kappa shape index (κ1) is 18.1. The molecule has 0 aliphatic heterocycles. The number of allylic oxidation sites excluding steroid dienone is 1. The molecule has 0 heterocycles. The number of unbranched alkanes of at least 4 members (excludes halogenated alkanes) is 2. The van der Waals surface area contributed by atoms with Crippen LogP contribution in [-0.2, 0) is 16.0 Å². The first-order valence-corrected chi connectivity index (χ1v) is 7.98. The summed E-state index contributed by atoms with van der Waals surface area (Å²) < 4.78 is 0. The van der Waals surface area contributed by atoms with Gasteiger partial charge in [0.2, 0.25) is 5.91 Å². The van der Waals surface area contributed by atoms with Gasteiger partial charge in [-0.2, -0.15) is 0 Å². The number of ketones is 1. The smallest absolute Gasteiger partial charge is 0.226 e. The highest BCUT2D eigenvalue weighted by atomic mass is 16.1. The standard InChI is InChI=1S/C19H27NO2/c1-14(2)18(21)12-7-5-6-9-16-10-8-11-17(13-16)20-19(22)15(3)4/h8,10-11,13,15H,1,5-7,9,12H2,2-4H3,(H,20,22). The zero-order chi connectivity index (χ0) is 16.5. The highest BCUT2D eigenvalue weighted by Crippen LogP contribution is 2.15. The summed E-state index contributed by atoms with van der Waals surface area (Å²) in [7, 11) is 0. The van der Waals surface area contributed by atoms with Gasteiger partial charge in [0.1, 0.15) is 0 Å². The second-order valence-electron chi connectivity index (χ2n) is 6.11. The monoisotopic (exact) mass is 301 g/mol. The van der Waals surface area contributed by atoms with Crippen molar-refractivity contribution in [2.75, 3.05) is 5.32 Å². The number of aryl methyl sites for hydroxylation is 1. The van der Waals surface area contributed by atoms with Crippen molar-refractivity contribution in [3.63, 3.8) is 0 Å². The van der Waals surface area contributed by atoms with E-state index in [0.717, 1.165) is 31.4 Å². The molecule has 3 nitrogen and oxygen atoms in total. The number of rotatable bonds is 9. The van der Waals surface area contributed by atoms with Gasteiger partial charge in [0.15, 0.2) is 5.78 Å². The highest BCUT2D eigenvalue weighted by Gasteiger charge is 2.07. The van der Waals surface area contributed by atoms with Crippen LogP contribution in [-0.4, -0.2) is 11.7 Å². The third-order valence-electron chi connectivity index (χ3n) is 3.56. The molecule has 0 radical (unpaired) electrons. The normalized spacial score (nSPS) is 10.5. The minimum Gasteiger partial charge on any atom is -0.326 e. The van der Waals surface area contributed by atoms with Crippen molar-refractivity contribution in [2.45, 2.75) is 52.9 Å². The van der Waals surface area contributed by atoms with Gasteiger partial charge in [-0.3, -0.25) is 9.59 Å². The summed E-state index contributed by atoms with van der Waals surface area (Å²) >= 11 is 0. The van der Waals surface area contributed by atoms with E-state index in [2.05, 4.69) is 18.0 Å². The topological polar surface area (TPSA) is 46.2 Å². The molecule has 0 aliphatic carbocycles. The van der Waals surface area contributed by atoms with E-state index in [0.29, 0.717) is 12.0 Å². The van der Waals surface area contributed by atoms with Crippen LogP contribution in [0.25, 0.3) is 0 Å². The fourth-order valence-electron chi connectivity index (χ4n) is 2.10. The van der Waals surface area contributed by atoms with E-state index >= 15 is 0 Å². The molecule has 0 unspecified atom stereocenters.